The second-order valence-corrected chi connectivity index (χ2v) is 6.54. The molecule has 8 heteroatoms. The van der Waals surface area contributed by atoms with E-state index in [1.807, 2.05) is 0 Å². The van der Waals surface area contributed by atoms with E-state index in [1.165, 1.54) is 12.1 Å². The van der Waals surface area contributed by atoms with Crippen molar-refractivity contribution in [3.63, 3.8) is 0 Å². The van der Waals surface area contributed by atoms with Crippen molar-refractivity contribution in [2.24, 2.45) is 5.14 Å². The Morgan fingerprint density at radius 1 is 1.00 bits per heavy atom. The first-order valence-electron chi connectivity index (χ1n) is 6.95. The highest BCUT2D eigenvalue weighted by Crippen LogP contribution is 2.27. The van der Waals surface area contributed by atoms with Gasteiger partial charge in [-0.1, -0.05) is 12.1 Å². The Bertz CT molecular complexity index is 973. The van der Waals surface area contributed by atoms with Crippen molar-refractivity contribution in [1.82, 2.24) is 9.97 Å². The molecular formula is C16H14N4O3S. The molecule has 0 saturated carbocycles. The highest BCUT2D eigenvalue weighted by Gasteiger charge is 2.09. The van der Waals surface area contributed by atoms with E-state index >= 15 is 0 Å². The molecule has 3 aromatic rings. The number of anilines is 2. The van der Waals surface area contributed by atoms with Crippen LogP contribution < -0.4 is 10.5 Å². The van der Waals surface area contributed by atoms with Gasteiger partial charge in [0.05, 0.1) is 10.6 Å². The van der Waals surface area contributed by atoms with Crippen LogP contribution >= 0.6 is 0 Å². The molecule has 0 saturated heterocycles. The third-order valence-corrected chi connectivity index (χ3v) is 4.20. The van der Waals surface area contributed by atoms with Gasteiger partial charge in [0, 0.05) is 17.4 Å². The molecule has 4 N–H and O–H groups in total. The van der Waals surface area contributed by atoms with Crippen molar-refractivity contribution in [3.8, 4) is 17.0 Å². The lowest BCUT2D eigenvalue weighted by molar-refractivity contribution is 0.477. The molecule has 122 valence electrons. The molecule has 1 aromatic heterocycles. The summed E-state index contributed by atoms with van der Waals surface area (Å²) in [6, 6.07) is 14.5. The Morgan fingerprint density at radius 2 is 1.71 bits per heavy atom. The number of nitrogens with two attached hydrogens (primary N) is 1. The summed E-state index contributed by atoms with van der Waals surface area (Å²) in [7, 11) is -3.73. The first-order valence-corrected chi connectivity index (χ1v) is 8.49. The van der Waals surface area contributed by atoms with Crippen LogP contribution in [0.4, 0.5) is 11.6 Å². The minimum Gasteiger partial charge on any atom is -0.507 e. The van der Waals surface area contributed by atoms with E-state index < -0.39 is 10.0 Å². The number of aromatic hydroxyl groups is 1. The van der Waals surface area contributed by atoms with Crippen LogP contribution in [0.5, 0.6) is 5.75 Å². The molecule has 0 aliphatic carbocycles. The molecule has 3 rings (SSSR count). The monoisotopic (exact) mass is 342 g/mol. The zero-order valence-corrected chi connectivity index (χ0v) is 13.2. The number of rotatable bonds is 4. The second-order valence-electron chi connectivity index (χ2n) is 4.98. The lowest BCUT2D eigenvalue weighted by Gasteiger charge is -2.08. The van der Waals surface area contributed by atoms with Gasteiger partial charge in [-0.3, -0.25) is 0 Å². The molecule has 0 bridgehead atoms. The van der Waals surface area contributed by atoms with Crippen LogP contribution in [-0.2, 0) is 10.0 Å². The first-order chi connectivity index (χ1) is 11.4. The third kappa shape index (κ3) is 3.50. The van der Waals surface area contributed by atoms with Crippen LogP contribution in [0.1, 0.15) is 0 Å². The van der Waals surface area contributed by atoms with E-state index in [1.54, 1.807) is 48.7 Å². The summed E-state index contributed by atoms with van der Waals surface area (Å²) in [5, 5.41) is 17.9. The van der Waals surface area contributed by atoms with Crippen LogP contribution in [0, 0.1) is 0 Å². The maximum Gasteiger partial charge on any atom is 0.238 e. The molecule has 1 heterocycles. The summed E-state index contributed by atoms with van der Waals surface area (Å²) >= 11 is 0. The summed E-state index contributed by atoms with van der Waals surface area (Å²) in [4.78, 5) is 8.48. The van der Waals surface area contributed by atoms with Crippen LogP contribution in [-0.4, -0.2) is 23.5 Å². The number of para-hydroxylation sites is 1. The predicted octanol–water partition coefficient (Wildman–Crippen LogP) is 2.24. The van der Waals surface area contributed by atoms with Gasteiger partial charge >= 0.3 is 0 Å². The Kier molecular flexibility index (Phi) is 4.15. The number of primary sulfonamides is 1. The van der Waals surface area contributed by atoms with E-state index in [4.69, 9.17) is 5.14 Å². The quantitative estimate of drug-likeness (QED) is 0.669. The van der Waals surface area contributed by atoms with Crippen LogP contribution in [0.2, 0.25) is 0 Å². The van der Waals surface area contributed by atoms with Gasteiger partial charge in [0.25, 0.3) is 0 Å². The largest absolute Gasteiger partial charge is 0.507 e. The van der Waals surface area contributed by atoms with Gasteiger partial charge < -0.3 is 10.4 Å². The van der Waals surface area contributed by atoms with Crippen molar-refractivity contribution in [2.75, 3.05) is 5.32 Å². The fraction of sp³-hybridized carbons (Fsp3) is 0. The molecule has 0 atom stereocenters. The zero-order valence-electron chi connectivity index (χ0n) is 12.4. The highest BCUT2D eigenvalue weighted by molar-refractivity contribution is 7.89. The van der Waals surface area contributed by atoms with E-state index in [9.17, 15) is 13.5 Å². The number of phenolic OH excluding ortho intramolecular Hbond substituents is 1. The van der Waals surface area contributed by atoms with Crippen molar-refractivity contribution in [1.29, 1.82) is 0 Å². The van der Waals surface area contributed by atoms with Gasteiger partial charge in [-0.2, -0.15) is 0 Å². The molecule has 0 aliphatic heterocycles. The number of nitrogens with one attached hydrogen (secondary N) is 1. The van der Waals surface area contributed by atoms with Gasteiger partial charge in [0.1, 0.15) is 5.75 Å². The molecule has 0 fully saturated rings. The molecule has 0 amide bonds. The molecule has 24 heavy (non-hydrogen) atoms. The molecule has 0 spiro atoms. The van der Waals surface area contributed by atoms with Crippen molar-refractivity contribution < 1.29 is 13.5 Å². The SMILES string of the molecule is NS(=O)(=O)c1ccc(Nc2nccc(-c3ccccc3O)n2)cc1. The van der Waals surface area contributed by atoms with Gasteiger partial charge in [0.15, 0.2) is 0 Å². The van der Waals surface area contributed by atoms with Crippen molar-refractivity contribution in [2.45, 2.75) is 4.90 Å². The average molecular weight is 342 g/mol. The summed E-state index contributed by atoms with van der Waals surface area (Å²) in [5.74, 6) is 0.443. The Hall–Kier alpha value is -2.97. The number of hydrogen-bond donors (Lipinski definition) is 3. The maximum atomic E-state index is 11.2. The Labute approximate surface area is 138 Å². The molecule has 0 unspecified atom stereocenters. The summed E-state index contributed by atoms with van der Waals surface area (Å²) in [5.41, 5.74) is 1.76. The van der Waals surface area contributed by atoms with Crippen molar-refractivity contribution >= 4 is 21.7 Å². The number of hydrogen-bond acceptors (Lipinski definition) is 6. The van der Waals surface area contributed by atoms with Gasteiger partial charge in [0.2, 0.25) is 16.0 Å². The minimum absolute atomic E-state index is 0.0249. The van der Waals surface area contributed by atoms with E-state index in [-0.39, 0.29) is 10.6 Å². The highest BCUT2D eigenvalue weighted by atomic mass is 32.2. The fourth-order valence-corrected chi connectivity index (χ4v) is 2.63. The predicted molar refractivity (Wildman–Crippen MR) is 90.2 cm³/mol. The molecular weight excluding hydrogens is 328 g/mol. The minimum atomic E-state index is -3.73. The lowest BCUT2D eigenvalue weighted by atomic mass is 10.1. The summed E-state index contributed by atoms with van der Waals surface area (Å²) < 4.78 is 22.5. The van der Waals surface area contributed by atoms with E-state index in [0.29, 0.717) is 22.9 Å². The molecule has 0 aliphatic rings. The normalized spacial score (nSPS) is 11.2. The average Bonchev–Trinajstić information content (AvgIpc) is 2.55. The Balaban J connectivity index is 1.86. The van der Waals surface area contributed by atoms with Crippen molar-refractivity contribution in [3.05, 3.63) is 60.8 Å². The number of phenols is 1. The maximum absolute atomic E-state index is 11.2. The smallest absolute Gasteiger partial charge is 0.238 e. The Morgan fingerprint density at radius 3 is 2.38 bits per heavy atom. The van der Waals surface area contributed by atoms with Gasteiger partial charge in [-0.05, 0) is 42.5 Å². The topological polar surface area (TPSA) is 118 Å². The van der Waals surface area contributed by atoms with Crippen LogP contribution in [0.15, 0.2) is 65.7 Å². The second kappa shape index (κ2) is 6.26. The van der Waals surface area contributed by atoms with E-state index in [2.05, 4.69) is 15.3 Å². The van der Waals surface area contributed by atoms with Gasteiger partial charge in [-0.25, -0.2) is 23.5 Å². The van der Waals surface area contributed by atoms with Crippen LogP contribution in [0.25, 0.3) is 11.3 Å². The number of sulfonamides is 1. The summed E-state index contributed by atoms with van der Waals surface area (Å²) in [6.45, 7) is 0. The van der Waals surface area contributed by atoms with Crippen LogP contribution in [0.3, 0.4) is 0 Å². The fourth-order valence-electron chi connectivity index (χ4n) is 2.12. The third-order valence-electron chi connectivity index (χ3n) is 3.27. The number of nitrogens with zero attached hydrogens (tertiary/aromatic N) is 2. The molecule has 7 nitrogen and oxygen atoms in total. The first kappa shape index (κ1) is 15.9. The number of benzene rings is 2. The van der Waals surface area contributed by atoms with E-state index in [0.717, 1.165) is 0 Å². The number of aromatic nitrogens is 2. The van der Waals surface area contributed by atoms with Gasteiger partial charge in [-0.15, -0.1) is 0 Å². The standard InChI is InChI=1S/C16H14N4O3S/c17-24(22,23)12-7-5-11(6-8-12)19-16-18-10-9-14(20-16)13-3-1-2-4-15(13)21/h1-10,21H,(H2,17,22,23)(H,18,19,20). The zero-order chi connectivity index (χ0) is 17.2. The summed E-state index contributed by atoms with van der Waals surface area (Å²) in [6.07, 6.45) is 1.57. The molecule has 2 aromatic carbocycles. The molecule has 0 radical (unpaired) electrons. The lowest BCUT2D eigenvalue weighted by Crippen LogP contribution is -2.11.